The molecule has 0 N–H and O–H groups in total. The Labute approximate surface area is 125 Å². The molecule has 21 heavy (non-hydrogen) atoms. The van der Waals surface area contributed by atoms with Crippen molar-refractivity contribution in [3.8, 4) is 0 Å². The minimum atomic E-state index is 0.0590. The van der Waals surface area contributed by atoms with Crippen molar-refractivity contribution < 1.29 is 4.79 Å². The smallest absolute Gasteiger partial charge is 0.319 e. The first-order chi connectivity index (χ1) is 10.1. The van der Waals surface area contributed by atoms with Crippen molar-refractivity contribution in [1.82, 2.24) is 19.8 Å². The summed E-state index contributed by atoms with van der Waals surface area (Å²) in [6.45, 7) is 5.51. The molecule has 0 aliphatic carbocycles. The van der Waals surface area contributed by atoms with E-state index in [1.807, 2.05) is 11.8 Å². The third-order valence-corrected chi connectivity index (χ3v) is 4.30. The second-order valence-electron chi connectivity index (χ2n) is 6.08. The zero-order valence-electron chi connectivity index (χ0n) is 13.1. The molecule has 0 spiro atoms. The molecule has 3 rings (SSSR count). The van der Waals surface area contributed by atoms with E-state index in [1.165, 1.54) is 12.8 Å². The van der Waals surface area contributed by atoms with Crippen LogP contribution in [-0.4, -0.2) is 59.5 Å². The lowest BCUT2D eigenvalue weighted by molar-refractivity contribution is 0.165. The molecule has 2 aliphatic rings. The quantitative estimate of drug-likeness (QED) is 0.785. The van der Waals surface area contributed by atoms with Crippen LogP contribution in [0.5, 0.6) is 0 Å². The SMILES string of the molecule is Cc1nc(N2CCCC2)nc2c1CN(C(=O)N(C)C)CC2. The molecule has 3 heterocycles. The number of fused-ring (bicyclic) bond motifs is 1. The second-order valence-corrected chi connectivity index (χ2v) is 6.08. The van der Waals surface area contributed by atoms with Crippen LogP contribution in [0.4, 0.5) is 10.7 Å². The fourth-order valence-corrected chi connectivity index (χ4v) is 3.07. The fourth-order valence-electron chi connectivity index (χ4n) is 3.07. The molecule has 0 unspecified atom stereocenters. The highest BCUT2D eigenvalue weighted by molar-refractivity contribution is 5.74. The van der Waals surface area contributed by atoms with Gasteiger partial charge >= 0.3 is 6.03 Å². The van der Waals surface area contributed by atoms with Crippen LogP contribution in [0, 0.1) is 6.92 Å². The van der Waals surface area contributed by atoms with Gasteiger partial charge in [0, 0.05) is 51.4 Å². The van der Waals surface area contributed by atoms with E-state index in [2.05, 4.69) is 9.88 Å². The average molecular weight is 289 g/mol. The summed E-state index contributed by atoms with van der Waals surface area (Å²) >= 11 is 0. The molecule has 2 amide bonds. The molecule has 6 heteroatoms. The number of aryl methyl sites for hydroxylation is 1. The first-order valence-corrected chi connectivity index (χ1v) is 7.64. The van der Waals surface area contributed by atoms with Crippen molar-refractivity contribution in [3.63, 3.8) is 0 Å². The highest BCUT2D eigenvalue weighted by Crippen LogP contribution is 2.24. The molecule has 0 radical (unpaired) electrons. The van der Waals surface area contributed by atoms with Gasteiger partial charge in [-0.2, -0.15) is 0 Å². The van der Waals surface area contributed by atoms with Crippen molar-refractivity contribution in [2.45, 2.75) is 32.7 Å². The van der Waals surface area contributed by atoms with Crippen molar-refractivity contribution in [2.75, 3.05) is 38.6 Å². The summed E-state index contributed by atoms with van der Waals surface area (Å²) in [5, 5.41) is 0. The van der Waals surface area contributed by atoms with E-state index in [1.54, 1.807) is 19.0 Å². The molecule has 0 atom stereocenters. The third kappa shape index (κ3) is 2.66. The zero-order valence-corrected chi connectivity index (χ0v) is 13.1. The standard InChI is InChI=1S/C15H23N5O/c1-11-12-10-20(15(21)18(2)3)9-6-13(12)17-14(16-11)19-7-4-5-8-19/h4-10H2,1-3H3. The van der Waals surface area contributed by atoms with Gasteiger partial charge in [-0.15, -0.1) is 0 Å². The molecule has 2 aliphatic heterocycles. The largest absolute Gasteiger partial charge is 0.341 e. The van der Waals surface area contributed by atoms with Gasteiger partial charge in [0.2, 0.25) is 5.95 Å². The molecular weight excluding hydrogens is 266 g/mol. The predicted molar refractivity (Wildman–Crippen MR) is 81.4 cm³/mol. The first kappa shape index (κ1) is 14.1. The predicted octanol–water partition coefficient (Wildman–Crippen LogP) is 1.42. The lowest BCUT2D eigenvalue weighted by Crippen LogP contribution is -2.42. The fraction of sp³-hybridized carbons (Fsp3) is 0.667. The van der Waals surface area contributed by atoms with Gasteiger partial charge in [-0.25, -0.2) is 14.8 Å². The van der Waals surface area contributed by atoms with E-state index in [0.717, 1.165) is 49.0 Å². The Morgan fingerprint density at radius 1 is 1.14 bits per heavy atom. The van der Waals surface area contributed by atoms with E-state index in [-0.39, 0.29) is 6.03 Å². The van der Waals surface area contributed by atoms with Crippen molar-refractivity contribution >= 4 is 12.0 Å². The highest BCUT2D eigenvalue weighted by atomic mass is 16.2. The number of amides is 2. The Balaban J connectivity index is 1.85. The molecule has 114 valence electrons. The van der Waals surface area contributed by atoms with Gasteiger partial charge < -0.3 is 14.7 Å². The number of nitrogens with zero attached hydrogens (tertiary/aromatic N) is 5. The third-order valence-electron chi connectivity index (χ3n) is 4.30. The Morgan fingerprint density at radius 3 is 2.52 bits per heavy atom. The van der Waals surface area contributed by atoms with Gasteiger partial charge in [0.15, 0.2) is 0 Å². The van der Waals surface area contributed by atoms with Crippen LogP contribution in [0.3, 0.4) is 0 Å². The van der Waals surface area contributed by atoms with Gasteiger partial charge in [-0.05, 0) is 19.8 Å². The maximum atomic E-state index is 12.1. The maximum Gasteiger partial charge on any atom is 0.319 e. The topological polar surface area (TPSA) is 52.6 Å². The van der Waals surface area contributed by atoms with Crippen LogP contribution in [-0.2, 0) is 13.0 Å². The summed E-state index contributed by atoms with van der Waals surface area (Å²) in [5.74, 6) is 0.871. The van der Waals surface area contributed by atoms with Crippen molar-refractivity contribution in [2.24, 2.45) is 0 Å². The number of urea groups is 1. The molecule has 1 aromatic heterocycles. The Hall–Kier alpha value is -1.85. The molecule has 6 nitrogen and oxygen atoms in total. The highest BCUT2D eigenvalue weighted by Gasteiger charge is 2.26. The second kappa shape index (κ2) is 5.50. The Kier molecular flexibility index (Phi) is 3.69. The van der Waals surface area contributed by atoms with E-state index >= 15 is 0 Å². The molecule has 1 fully saturated rings. The van der Waals surface area contributed by atoms with E-state index in [9.17, 15) is 4.79 Å². The molecule has 1 aromatic rings. The summed E-state index contributed by atoms with van der Waals surface area (Å²) in [6, 6.07) is 0.0590. The van der Waals surface area contributed by atoms with Gasteiger partial charge in [-0.1, -0.05) is 0 Å². The Morgan fingerprint density at radius 2 is 1.86 bits per heavy atom. The number of hydrogen-bond acceptors (Lipinski definition) is 4. The Bertz CT molecular complexity index is 551. The van der Waals surface area contributed by atoms with Gasteiger partial charge in [-0.3, -0.25) is 0 Å². The summed E-state index contributed by atoms with van der Waals surface area (Å²) in [6.07, 6.45) is 3.27. The summed E-state index contributed by atoms with van der Waals surface area (Å²) in [4.78, 5) is 27.3. The number of rotatable bonds is 1. The summed E-state index contributed by atoms with van der Waals surface area (Å²) in [5.41, 5.74) is 3.25. The zero-order chi connectivity index (χ0) is 15.0. The summed E-state index contributed by atoms with van der Waals surface area (Å²) < 4.78 is 0. The van der Waals surface area contributed by atoms with E-state index in [0.29, 0.717) is 6.54 Å². The van der Waals surface area contributed by atoms with Crippen LogP contribution in [0.25, 0.3) is 0 Å². The van der Waals surface area contributed by atoms with Crippen molar-refractivity contribution in [1.29, 1.82) is 0 Å². The number of hydrogen-bond donors (Lipinski definition) is 0. The minimum Gasteiger partial charge on any atom is -0.341 e. The van der Waals surface area contributed by atoms with Gasteiger partial charge in [0.1, 0.15) is 0 Å². The summed E-state index contributed by atoms with van der Waals surface area (Å²) in [7, 11) is 3.58. The molecular formula is C15H23N5O. The molecule has 0 aromatic carbocycles. The normalized spacial score (nSPS) is 17.9. The van der Waals surface area contributed by atoms with Crippen LogP contribution < -0.4 is 4.90 Å². The number of anilines is 1. The lowest BCUT2D eigenvalue weighted by atomic mass is 10.0. The molecule has 1 saturated heterocycles. The van der Waals surface area contributed by atoms with Crippen molar-refractivity contribution in [3.05, 3.63) is 17.0 Å². The maximum absolute atomic E-state index is 12.1. The van der Waals surface area contributed by atoms with Gasteiger partial charge in [0.25, 0.3) is 0 Å². The van der Waals surface area contributed by atoms with Crippen LogP contribution in [0.1, 0.15) is 29.8 Å². The van der Waals surface area contributed by atoms with E-state index in [4.69, 9.17) is 4.98 Å². The monoisotopic (exact) mass is 289 g/mol. The van der Waals surface area contributed by atoms with Crippen LogP contribution in [0.2, 0.25) is 0 Å². The van der Waals surface area contributed by atoms with E-state index < -0.39 is 0 Å². The number of aromatic nitrogens is 2. The number of carbonyl (C=O) groups excluding carboxylic acids is 1. The lowest BCUT2D eigenvalue weighted by Gasteiger charge is -2.31. The average Bonchev–Trinajstić information content (AvgIpc) is 3.00. The molecule has 0 saturated carbocycles. The first-order valence-electron chi connectivity index (χ1n) is 7.64. The van der Waals surface area contributed by atoms with Crippen LogP contribution >= 0.6 is 0 Å². The number of carbonyl (C=O) groups is 1. The van der Waals surface area contributed by atoms with Gasteiger partial charge in [0.05, 0.1) is 12.2 Å². The van der Waals surface area contributed by atoms with Crippen LogP contribution in [0.15, 0.2) is 0 Å². The molecule has 0 bridgehead atoms. The minimum absolute atomic E-state index is 0.0590.